The molecule has 0 bridgehead atoms. The van der Waals surface area contributed by atoms with Gasteiger partial charge in [-0.25, -0.2) is 9.59 Å². The number of carbonyl (C=O) groups is 2. The van der Waals surface area contributed by atoms with E-state index in [2.05, 4.69) is 13.8 Å². The lowest BCUT2D eigenvalue weighted by Gasteiger charge is -2.38. The highest BCUT2D eigenvalue weighted by Gasteiger charge is 2.46. The predicted molar refractivity (Wildman–Crippen MR) is 120 cm³/mol. The molecule has 2 heterocycles. The maximum atomic E-state index is 12.5. The van der Waals surface area contributed by atoms with E-state index in [9.17, 15) is 14.7 Å². The zero-order valence-electron chi connectivity index (χ0n) is 18.4. The molecular formula is C23H32N2O5S. The van der Waals surface area contributed by atoms with Crippen molar-refractivity contribution in [2.45, 2.75) is 90.5 Å². The number of hydrogen-bond acceptors (Lipinski definition) is 6. The molecule has 1 aliphatic carbocycles. The lowest BCUT2D eigenvalue weighted by atomic mass is 9.93. The van der Waals surface area contributed by atoms with Gasteiger partial charge in [0.25, 0.3) is 5.79 Å². The van der Waals surface area contributed by atoms with Crippen molar-refractivity contribution in [3.63, 3.8) is 0 Å². The average molecular weight is 449 g/mol. The molecule has 1 saturated carbocycles. The van der Waals surface area contributed by atoms with Gasteiger partial charge in [0.2, 0.25) is 5.88 Å². The third-order valence-electron chi connectivity index (χ3n) is 5.84. The Hall–Kier alpha value is -2.35. The van der Waals surface area contributed by atoms with Gasteiger partial charge in [0.1, 0.15) is 11.3 Å². The second-order valence-corrected chi connectivity index (χ2v) is 8.56. The molecule has 7 nitrogen and oxygen atoms in total. The van der Waals surface area contributed by atoms with Crippen LogP contribution >= 0.6 is 12.2 Å². The molecule has 0 amide bonds. The van der Waals surface area contributed by atoms with E-state index in [4.69, 9.17) is 21.7 Å². The van der Waals surface area contributed by atoms with Crippen molar-refractivity contribution in [3.8, 4) is 5.88 Å². The first kappa shape index (κ1) is 23.3. The Labute approximate surface area is 188 Å². The molecule has 8 heteroatoms. The Bertz CT molecular complexity index is 912. The molecule has 0 radical (unpaired) electrons. The topological polar surface area (TPSA) is 82.7 Å². The molecule has 0 aromatic carbocycles. The number of imidazole rings is 1. The highest BCUT2D eigenvalue weighted by atomic mass is 32.1. The molecule has 1 spiro atoms. The number of allylic oxidation sites excluding steroid dienone is 2. The number of carbonyl (C=O) groups excluding carboxylic acids is 2. The van der Waals surface area contributed by atoms with E-state index in [0.717, 1.165) is 44.9 Å². The van der Waals surface area contributed by atoms with Gasteiger partial charge in [-0.2, -0.15) is 0 Å². The Kier molecular flexibility index (Phi) is 7.75. The number of rotatable bonds is 8. The minimum atomic E-state index is -1.09. The molecule has 1 aliphatic heterocycles. The van der Waals surface area contributed by atoms with Crippen molar-refractivity contribution in [1.29, 1.82) is 0 Å². The van der Waals surface area contributed by atoms with E-state index >= 15 is 0 Å². The van der Waals surface area contributed by atoms with Gasteiger partial charge in [0.15, 0.2) is 4.77 Å². The predicted octanol–water partition coefficient (Wildman–Crippen LogP) is 5.02. The van der Waals surface area contributed by atoms with Crippen LogP contribution in [0.2, 0.25) is 0 Å². The van der Waals surface area contributed by atoms with Crippen molar-refractivity contribution < 1.29 is 24.2 Å². The number of nitrogens with zero attached hydrogens (tertiary/aromatic N) is 2. The van der Waals surface area contributed by atoms with Crippen LogP contribution in [0.3, 0.4) is 0 Å². The first-order valence-electron chi connectivity index (χ1n) is 11.3. The fourth-order valence-corrected chi connectivity index (χ4v) is 4.40. The summed E-state index contributed by atoms with van der Waals surface area (Å²) in [5.41, 5.74) is 0.420. The third-order valence-corrected chi connectivity index (χ3v) is 6.28. The van der Waals surface area contributed by atoms with Crippen LogP contribution in [0.5, 0.6) is 5.88 Å². The summed E-state index contributed by atoms with van der Waals surface area (Å²) in [5, 5.41) is 10.7. The molecule has 1 saturated heterocycles. The summed E-state index contributed by atoms with van der Waals surface area (Å²) in [6.45, 7) is 5.51. The number of aromatic nitrogens is 2. The molecular weight excluding hydrogens is 416 g/mol. The van der Waals surface area contributed by atoms with Crippen LogP contribution in [0.25, 0.3) is 6.08 Å². The minimum Gasteiger partial charge on any atom is -0.493 e. The standard InChI is InChI=1S/C23H32N2O5S/c1-3-5-15-24-18(19(26)25(22(24)31)16-6-4-2)12-10-11-17-20(27)29-23(30-21(17)28)13-8-7-9-14-23/h10-12,26H,3-9,13-16H2,1-2H3/b12-10+. The summed E-state index contributed by atoms with van der Waals surface area (Å²) >= 11 is 5.58. The summed E-state index contributed by atoms with van der Waals surface area (Å²) in [4.78, 5) is 24.9. The second-order valence-electron chi connectivity index (χ2n) is 8.19. The summed E-state index contributed by atoms with van der Waals surface area (Å²) in [6, 6.07) is 0. The Morgan fingerprint density at radius 2 is 1.58 bits per heavy atom. The Morgan fingerprint density at radius 1 is 1.00 bits per heavy atom. The van der Waals surface area contributed by atoms with Crippen molar-refractivity contribution in [2.75, 3.05) is 0 Å². The summed E-state index contributed by atoms with van der Waals surface area (Å²) in [5.74, 6) is -2.31. The van der Waals surface area contributed by atoms with E-state index in [-0.39, 0.29) is 11.5 Å². The molecule has 31 heavy (non-hydrogen) atoms. The summed E-state index contributed by atoms with van der Waals surface area (Å²) in [7, 11) is 0. The molecule has 2 fully saturated rings. The van der Waals surface area contributed by atoms with Gasteiger partial charge in [0.05, 0.1) is 0 Å². The summed E-state index contributed by atoms with van der Waals surface area (Å²) < 4.78 is 15.2. The first-order valence-corrected chi connectivity index (χ1v) is 11.7. The normalized spacial score (nSPS) is 18.5. The molecule has 170 valence electrons. The Morgan fingerprint density at radius 3 is 2.16 bits per heavy atom. The largest absolute Gasteiger partial charge is 0.493 e. The maximum Gasteiger partial charge on any atom is 0.348 e. The lowest BCUT2D eigenvalue weighted by molar-refractivity contribution is -0.244. The van der Waals surface area contributed by atoms with Gasteiger partial charge in [-0.15, -0.1) is 0 Å². The fraction of sp³-hybridized carbons (Fsp3) is 0.609. The van der Waals surface area contributed by atoms with Gasteiger partial charge in [0, 0.05) is 25.9 Å². The maximum absolute atomic E-state index is 12.5. The molecule has 0 unspecified atom stereocenters. The Balaban J connectivity index is 1.83. The van der Waals surface area contributed by atoms with Crippen LogP contribution in [0.1, 0.15) is 77.3 Å². The van der Waals surface area contributed by atoms with E-state index in [0.29, 0.717) is 36.4 Å². The van der Waals surface area contributed by atoms with Crippen molar-refractivity contribution in [2.24, 2.45) is 0 Å². The number of unbranched alkanes of at least 4 members (excludes halogenated alkanes) is 2. The summed E-state index contributed by atoms with van der Waals surface area (Å²) in [6.07, 6.45) is 12.3. The monoisotopic (exact) mass is 448 g/mol. The number of ether oxygens (including phenoxy) is 2. The molecule has 3 rings (SSSR count). The number of aromatic hydroxyl groups is 1. The zero-order chi connectivity index (χ0) is 22.4. The second kappa shape index (κ2) is 10.3. The third kappa shape index (κ3) is 5.11. The van der Waals surface area contributed by atoms with Crippen LogP contribution in [0, 0.1) is 4.77 Å². The number of hydrogen-bond donors (Lipinski definition) is 1. The van der Waals surface area contributed by atoms with Crippen molar-refractivity contribution in [1.82, 2.24) is 9.13 Å². The highest BCUT2D eigenvalue weighted by molar-refractivity contribution is 7.71. The minimum absolute atomic E-state index is 0.0964. The van der Waals surface area contributed by atoms with Crippen LogP contribution < -0.4 is 0 Å². The van der Waals surface area contributed by atoms with E-state index in [1.807, 2.05) is 4.57 Å². The quantitative estimate of drug-likeness (QED) is 0.260. The van der Waals surface area contributed by atoms with Crippen LogP contribution in [0.4, 0.5) is 0 Å². The van der Waals surface area contributed by atoms with Crippen LogP contribution in [-0.4, -0.2) is 32.0 Å². The molecule has 1 aromatic rings. The van der Waals surface area contributed by atoms with Gasteiger partial charge >= 0.3 is 11.9 Å². The van der Waals surface area contributed by atoms with Gasteiger partial charge in [-0.3, -0.25) is 4.57 Å². The average Bonchev–Trinajstić information content (AvgIpc) is 2.96. The van der Waals surface area contributed by atoms with E-state index in [1.165, 1.54) is 6.08 Å². The first-order chi connectivity index (χ1) is 14.9. The van der Waals surface area contributed by atoms with Gasteiger partial charge in [-0.1, -0.05) is 39.2 Å². The van der Waals surface area contributed by atoms with Crippen molar-refractivity contribution >= 4 is 30.2 Å². The highest BCUT2D eigenvalue weighted by Crippen LogP contribution is 2.37. The van der Waals surface area contributed by atoms with Gasteiger partial charge < -0.3 is 19.1 Å². The smallest absolute Gasteiger partial charge is 0.348 e. The van der Waals surface area contributed by atoms with Crippen LogP contribution in [-0.2, 0) is 32.2 Å². The van der Waals surface area contributed by atoms with Crippen molar-refractivity contribution in [3.05, 3.63) is 28.2 Å². The van der Waals surface area contributed by atoms with E-state index in [1.54, 1.807) is 16.7 Å². The van der Waals surface area contributed by atoms with E-state index < -0.39 is 17.7 Å². The zero-order valence-corrected chi connectivity index (χ0v) is 19.2. The lowest BCUT2D eigenvalue weighted by Crippen LogP contribution is -2.47. The van der Waals surface area contributed by atoms with Gasteiger partial charge in [-0.05, 0) is 50.1 Å². The molecule has 1 aromatic heterocycles. The molecule has 1 N–H and O–H groups in total. The molecule has 2 aliphatic rings. The SMILES string of the molecule is CCCCn1c(O)c(/C=C/C=C2C(=O)OC3(CCCCC3)OC2=O)n(CCCC)c1=S. The fourth-order valence-electron chi connectivity index (χ4n) is 4.03. The number of esters is 2. The molecule has 0 atom stereocenters. The van der Waals surface area contributed by atoms with Crippen LogP contribution in [0.15, 0.2) is 17.7 Å².